The number of ether oxygens (including phenoxy) is 2. The van der Waals surface area contributed by atoms with Crippen LogP contribution in [0, 0.1) is 5.92 Å². The summed E-state index contributed by atoms with van der Waals surface area (Å²) >= 11 is 0. The largest absolute Gasteiger partial charge is 0.573 e. The molecule has 0 aliphatic carbocycles. The SMILES string of the molecule is CCOC(=O)C1CCN(c2ccc(NC)nc2)CC1.O=CCc1cccc(OC(F)(F)F)c1. The molecule has 1 aliphatic heterocycles. The number of rotatable bonds is 7. The van der Waals surface area contributed by atoms with Gasteiger partial charge in [0.15, 0.2) is 0 Å². The van der Waals surface area contributed by atoms with E-state index >= 15 is 0 Å². The Labute approximate surface area is 190 Å². The predicted molar refractivity (Wildman–Crippen MR) is 118 cm³/mol. The smallest absolute Gasteiger partial charge is 0.466 e. The zero-order valence-electron chi connectivity index (χ0n) is 18.6. The number of esters is 1. The lowest BCUT2D eigenvalue weighted by atomic mass is 9.97. The van der Waals surface area contributed by atoms with Crippen molar-refractivity contribution in [3.05, 3.63) is 48.2 Å². The van der Waals surface area contributed by atoms with Crippen LogP contribution in [0.3, 0.4) is 0 Å². The van der Waals surface area contributed by atoms with Crippen molar-refractivity contribution in [3.8, 4) is 5.75 Å². The minimum Gasteiger partial charge on any atom is -0.466 e. The van der Waals surface area contributed by atoms with Gasteiger partial charge in [-0.3, -0.25) is 4.79 Å². The summed E-state index contributed by atoms with van der Waals surface area (Å²) in [7, 11) is 1.85. The van der Waals surface area contributed by atoms with Gasteiger partial charge in [-0.2, -0.15) is 0 Å². The van der Waals surface area contributed by atoms with Crippen LogP contribution in [-0.4, -0.2) is 50.3 Å². The summed E-state index contributed by atoms with van der Waals surface area (Å²) in [5, 5.41) is 3.00. The Morgan fingerprint density at radius 2 is 1.97 bits per heavy atom. The van der Waals surface area contributed by atoms with Crippen LogP contribution in [0.15, 0.2) is 42.6 Å². The number of piperidine rings is 1. The van der Waals surface area contributed by atoms with Gasteiger partial charge in [-0.1, -0.05) is 12.1 Å². The summed E-state index contributed by atoms with van der Waals surface area (Å²) in [4.78, 5) is 28.3. The van der Waals surface area contributed by atoms with Crippen molar-refractivity contribution in [1.82, 2.24) is 4.98 Å². The number of anilines is 2. The van der Waals surface area contributed by atoms with Gasteiger partial charge in [0.05, 0.1) is 24.4 Å². The maximum absolute atomic E-state index is 11.8. The minimum atomic E-state index is -4.69. The number of nitrogens with one attached hydrogen (secondary N) is 1. The third kappa shape index (κ3) is 8.99. The molecule has 0 radical (unpaired) electrons. The molecule has 3 rings (SSSR count). The van der Waals surface area contributed by atoms with Gasteiger partial charge >= 0.3 is 12.3 Å². The van der Waals surface area contributed by atoms with Crippen LogP contribution in [0.2, 0.25) is 0 Å². The Balaban J connectivity index is 0.000000245. The van der Waals surface area contributed by atoms with E-state index < -0.39 is 6.36 Å². The summed E-state index contributed by atoms with van der Waals surface area (Å²) in [5.74, 6) is 0.563. The van der Waals surface area contributed by atoms with E-state index in [1.807, 2.05) is 26.2 Å². The zero-order valence-corrected chi connectivity index (χ0v) is 18.6. The topological polar surface area (TPSA) is 80.8 Å². The number of carbonyl (C=O) groups is 2. The Morgan fingerprint density at radius 3 is 2.52 bits per heavy atom. The van der Waals surface area contributed by atoms with Gasteiger partial charge in [0.25, 0.3) is 0 Å². The van der Waals surface area contributed by atoms with E-state index in [-0.39, 0.29) is 24.1 Å². The monoisotopic (exact) mass is 467 g/mol. The van der Waals surface area contributed by atoms with Gasteiger partial charge in [0.2, 0.25) is 0 Å². The number of alkyl halides is 3. The van der Waals surface area contributed by atoms with Crippen molar-refractivity contribution in [1.29, 1.82) is 0 Å². The third-order valence-electron chi connectivity index (χ3n) is 4.94. The standard InChI is InChI=1S/C14H21N3O2.C9H7F3O2/c1-3-19-14(18)11-6-8-17(9-7-11)12-4-5-13(15-2)16-10-12;10-9(11,12)14-8-3-1-2-7(6-8)4-5-13/h4-5,10-11H,3,6-9H2,1-2H3,(H,15,16);1-3,5-6H,4H2. The molecule has 0 amide bonds. The minimum absolute atomic E-state index is 0.0502. The molecule has 1 aliphatic rings. The fourth-order valence-corrected chi connectivity index (χ4v) is 3.32. The van der Waals surface area contributed by atoms with Crippen molar-refractivity contribution in [2.24, 2.45) is 5.92 Å². The fourth-order valence-electron chi connectivity index (χ4n) is 3.32. The highest BCUT2D eigenvalue weighted by atomic mass is 19.4. The molecule has 2 heterocycles. The number of carbonyl (C=O) groups excluding carboxylic acids is 2. The highest BCUT2D eigenvalue weighted by molar-refractivity contribution is 5.72. The van der Waals surface area contributed by atoms with Gasteiger partial charge in [-0.15, -0.1) is 13.2 Å². The average molecular weight is 467 g/mol. The second-order valence-corrected chi connectivity index (χ2v) is 7.23. The summed E-state index contributed by atoms with van der Waals surface area (Å²) in [5.41, 5.74) is 1.60. The highest BCUT2D eigenvalue weighted by Crippen LogP contribution is 2.25. The molecule has 1 N–H and O–H groups in total. The van der Waals surface area contributed by atoms with E-state index in [0.717, 1.165) is 37.4 Å². The van der Waals surface area contributed by atoms with E-state index in [1.54, 1.807) is 6.07 Å². The number of pyridine rings is 1. The van der Waals surface area contributed by atoms with E-state index in [1.165, 1.54) is 18.2 Å². The first-order valence-electron chi connectivity index (χ1n) is 10.6. The number of halogens is 3. The Hall–Kier alpha value is -3.30. The number of aldehydes is 1. The maximum Gasteiger partial charge on any atom is 0.573 e. The van der Waals surface area contributed by atoms with E-state index in [0.29, 0.717) is 18.5 Å². The van der Waals surface area contributed by atoms with Crippen molar-refractivity contribution < 1.29 is 32.2 Å². The molecule has 0 bridgehead atoms. The zero-order chi connectivity index (χ0) is 24.3. The number of aromatic nitrogens is 1. The van der Waals surface area contributed by atoms with Gasteiger partial charge in [-0.25, -0.2) is 4.98 Å². The number of hydrogen-bond donors (Lipinski definition) is 1. The van der Waals surface area contributed by atoms with Crippen LogP contribution < -0.4 is 15.0 Å². The molecular weight excluding hydrogens is 439 g/mol. The predicted octanol–water partition coefficient (Wildman–Crippen LogP) is 4.23. The normalized spacial score (nSPS) is 14.0. The summed E-state index contributed by atoms with van der Waals surface area (Å²) in [6, 6.07) is 9.34. The molecule has 1 aromatic carbocycles. The van der Waals surface area contributed by atoms with Crippen LogP contribution in [0.5, 0.6) is 5.75 Å². The molecule has 0 saturated carbocycles. The first-order chi connectivity index (χ1) is 15.8. The molecular formula is C23H28F3N3O4. The van der Waals surface area contributed by atoms with Crippen LogP contribution in [-0.2, 0) is 20.7 Å². The molecule has 33 heavy (non-hydrogen) atoms. The van der Waals surface area contributed by atoms with Gasteiger partial charge in [-0.05, 0) is 49.6 Å². The first kappa shape index (κ1) is 26.0. The van der Waals surface area contributed by atoms with E-state index in [9.17, 15) is 22.8 Å². The lowest BCUT2D eigenvalue weighted by molar-refractivity contribution is -0.274. The molecule has 1 aromatic heterocycles. The maximum atomic E-state index is 11.8. The van der Waals surface area contributed by atoms with E-state index in [4.69, 9.17) is 4.74 Å². The van der Waals surface area contributed by atoms with Crippen LogP contribution in [0.25, 0.3) is 0 Å². The van der Waals surface area contributed by atoms with E-state index in [2.05, 4.69) is 26.0 Å². The quantitative estimate of drug-likeness (QED) is 0.482. The summed E-state index contributed by atoms with van der Waals surface area (Å²) in [6.45, 7) is 4.07. The Kier molecular flexibility index (Phi) is 9.96. The molecule has 2 aromatic rings. The van der Waals surface area contributed by atoms with Crippen molar-refractivity contribution >= 4 is 23.8 Å². The number of benzene rings is 1. The van der Waals surface area contributed by atoms with Crippen molar-refractivity contribution in [3.63, 3.8) is 0 Å². The van der Waals surface area contributed by atoms with Gasteiger partial charge in [0, 0.05) is 26.6 Å². The molecule has 180 valence electrons. The molecule has 1 fully saturated rings. The van der Waals surface area contributed by atoms with Crippen molar-refractivity contribution in [2.75, 3.05) is 37.0 Å². The van der Waals surface area contributed by atoms with Gasteiger partial charge < -0.3 is 24.5 Å². The van der Waals surface area contributed by atoms with Crippen LogP contribution >= 0.6 is 0 Å². The summed E-state index contributed by atoms with van der Waals surface area (Å²) < 4.78 is 44.0. The molecule has 0 unspecified atom stereocenters. The second kappa shape index (κ2) is 12.7. The van der Waals surface area contributed by atoms with Crippen LogP contribution in [0.4, 0.5) is 24.7 Å². The molecule has 0 spiro atoms. The molecule has 0 atom stereocenters. The second-order valence-electron chi connectivity index (χ2n) is 7.23. The van der Waals surface area contributed by atoms with Gasteiger partial charge in [0.1, 0.15) is 17.9 Å². The van der Waals surface area contributed by atoms with Crippen molar-refractivity contribution in [2.45, 2.75) is 32.5 Å². The molecule has 1 saturated heterocycles. The first-order valence-corrected chi connectivity index (χ1v) is 10.6. The molecule has 10 heteroatoms. The van der Waals surface area contributed by atoms with Crippen LogP contribution in [0.1, 0.15) is 25.3 Å². The lowest BCUT2D eigenvalue weighted by Gasteiger charge is -2.32. The third-order valence-corrected chi connectivity index (χ3v) is 4.94. The molecule has 7 nitrogen and oxygen atoms in total. The highest BCUT2D eigenvalue weighted by Gasteiger charge is 2.31. The lowest BCUT2D eigenvalue weighted by Crippen LogP contribution is -2.37. The Morgan fingerprint density at radius 1 is 1.24 bits per heavy atom. The Bertz CT molecular complexity index is 883. The fraction of sp³-hybridized carbons (Fsp3) is 0.435. The number of hydrogen-bond acceptors (Lipinski definition) is 7. The number of nitrogens with zero attached hydrogens (tertiary/aromatic N) is 2. The summed E-state index contributed by atoms with van der Waals surface area (Å²) in [6.07, 6.45) is -0.419. The average Bonchev–Trinajstić information content (AvgIpc) is 2.79.